The van der Waals surface area contributed by atoms with Crippen LogP contribution in [0.2, 0.25) is 0 Å². The van der Waals surface area contributed by atoms with Crippen molar-refractivity contribution in [2.45, 2.75) is 82.1 Å². The monoisotopic (exact) mass is 374 g/mol. The molecule has 2 atom stereocenters. The van der Waals surface area contributed by atoms with Crippen LogP contribution in [0.3, 0.4) is 0 Å². The molecule has 1 aromatic rings. The first kappa shape index (κ1) is 20.3. The normalized spacial score (nSPS) is 29.6. The lowest BCUT2D eigenvalue weighted by Crippen LogP contribution is -2.60. The van der Waals surface area contributed by atoms with Crippen LogP contribution in [0.15, 0.2) is 30.3 Å². The number of aliphatic hydroxyl groups is 1. The molecule has 3 rings (SSSR count). The number of hydrogen-bond acceptors (Lipinski definition) is 4. The first-order valence-electron chi connectivity index (χ1n) is 10.3. The topological polar surface area (TPSA) is 75.8 Å². The predicted molar refractivity (Wildman–Crippen MR) is 106 cm³/mol. The van der Waals surface area contributed by atoms with Crippen LogP contribution in [-0.2, 0) is 9.53 Å². The van der Waals surface area contributed by atoms with Gasteiger partial charge >= 0.3 is 0 Å². The van der Waals surface area contributed by atoms with Crippen LogP contribution < -0.4 is 5.73 Å². The van der Waals surface area contributed by atoms with E-state index in [0.717, 1.165) is 38.5 Å². The van der Waals surface area contributed by atoms with Gasteiger partial charge in [-0.2, -0.15) is 0 Å². The molecule has 1 amide bonds. The van der Waals surface area contributed by atoms with E-state index in [9.17, 15) is 9.90 Å². The van der Waals surface area contributed by atoms with E-state index < -0.39 is 5.60 Å². The minimum atomic E-state index is -1.37. The molecule has 27 heavy (non-hydrogen) atoms. The van der Waals surface area contributed by atoms with Crippen LogP contribution in [-0.4, -0.2) is 52.9 Å². The van der Waals surface area contributed by atoms with Crippen molar-refractivity contribution in [2.24, 2.45) is 5.73 Å². The van der Waals surface area contributed by atoms with Gasteiger partial charge in [0, 0.05) is 12.6 Å². The molecular formula is C22H34N2O3. The second-order valence-corrected chi connectivity index (χ2v) is 8.65. The quantitative estimate of drug-likeness (QED) is 0.831. The van der Waals surface area contributed by atoms with Gasteiger partial charge in [-0.15, -0.1) is 0 Å². The maximum absolute atomic E-state index is 12.6. The van der Waals surface area contributed by atoms with E-state index in [0.29, 0.717) is 19.1 Å². The molecule has 150 valence electrons. The number of piperidine rings is 1. The van der Waals surface area contributed by atoms with Gasteiger partial charge in [-0.05, 0) is 63.9 Å². The number of ether oxygens (including phenoxy) is 1. The number of carbonyl (C=O) groups is 1. The van der Waals surface area contributed by atoms with Crippen molar-refractivity contribution in [3.05, 3.63) is 35.9 Å². The summed E-state index contributed by atoms with van der Waals surface area (Å²) < 4.78 is 6.21. The minimum Gasteiger partial charge on any atom is -0.381 e. The Morgan fingerprint density at radius 1 is 1.19 bits per heavy atom. The average molecular weight is 375 g/mol. The molecule has 2 aliphatic rings. The smallest absolute Gasteiger partial charge is 0.254 e. The van der Waals surface area contributed by atoms with Gasteiger partial charge in [0.05, 0.1) is 18.8 Å². The number of carbonyl (C=O) groups excluding carboxylic acids is 1. The summed E-state index contributed by atoms with van der Waals surface area (Å²) in [5.74, 6) is 0.371. The first-order valence-corrected chi connectivity index (χ1v) is 10.3. The van der Waals surface area contributed by atoms with E-state index in [1.165, 1.54) is 19.4 Å². The van der Waals surface area contributed by atoms with E-state index >= 15 is 0 Å². The molecule has 5 nitrogen and oxygen atoms in total. The van der Waals surface area contributed by atoms with Gasteiger partial charge in [-0.25, -0.2) is 0 Å². The molecule has 1 saturated carbocycles. The van der Waals surface area contributed by atoms with Crippen molar-refractivity contribution in [3.8, 4) is 0 Å². The van der Waals surface area contributed by atoms with E-state index in [1.807, 2.05) is 0 Å². The Kier molecular flexibility index (Phi) is 6.56. The molecule has 1 heterocycles. The van der Waals surface area contributed by atoms with Crippen molar-refractivity contribution >= 4 is 5.91 Å². The molecule has 1 aromatic carbocycles. The van der Waals surface area contributed by atoms with E-state index in [4.69, 9.17) is 10.5 Å². The fraction of sp³-hybridized carbons (Fsp3) is 0.682. The third-order valence-corrected chi connectivity index (χ3v) is 6.06. The summed E-state index contributed by atoms with van der Waals surface area (Å²) in [7, 11) is 0. The number of nitrogens with zero attached hydrogens (tertiary/aromatic N) is 1. The second-order valence-electron chi connectivity index (χ2n) is 8.65. The van der Waals surface area contributed by atoms with E-state index in [1.54, 1.807) is 4.90 Å². The Balaban J connectivity index is 1.53. The lowest BCUT2D eigenvalue weighted by Gasteiger charge is -2.42. The summed E-state index contributed by atoms with van der Waals surface area (Å²) >= 11 is 0. The van der Waals surface area contributed by atoms with Crippen LogP contribution in [0.4, 0.5) is 0 Å². The van der Waals surface area contributed by atoms with Crippen molar-refractivity contribution < 1.29 is 14.6 Å². The van der Waals surface area contributed by atoms with E-state index in [2.05, 4.69) is 30.3 Å². The third kappa shape index (κ3) is 5.09. The van der Waals surface area contributed by atoms with Gasteiger partial charge in [0.1, 0.15) is 5.60 Å². The zero-order valence-electron chi connectivity index (χ0n) is 16.6. The Morgan fingerprint density at radius 2 is 1.85 bits per heavy atom. The molecular weight excluding hydrogens is 340 g/mol. The van der Waals surface area contributed by atoms with Gasteiger partial charge in [0.15, 0.2) is 0 Å². The third-order valence-electron chi connectivity index (χ3n) is 6.06. The lowest BCUT2D eigenvalue weighted by molar-refractivity contribution is -0.155. The fourth-order valence-electron chi connectivity index (χ4n) is 4.43. The van der Waals surface area contributed by atoms with Crippen molar-refractivity contribution in [3.63, 3.8) is 0 Å². The molecule has 1 aliphatic carbocycles. The van der Waals surface area contributed by atoms with Gasteiger partial charge in [-0.3, -0.25) is 4.79 Å². The van der Waals surface area contributed by atoms with Crippen LogP contribution in [0.1, 0.15) is 63.9 Å². The van der Waals surface area contributed by atoms with Crippen molar-refractivity contribution in [1.29, 1.82) is 0 Å². The molecule has 3 N–H and O–H groups in total. The summed E-state index contributed by atoms with van der Waals surface area (Å²) in [6.45, 7) is 4.19. The van der Waals surface area contributed by atoms with Crippen LogP contribution >= 0.6 is 0 Å². The summed E-state index contributed by atoms with van der Waals surface area (Å²) in [6.07, 6.45) is 6.36. The Hall–Kier alpha value is -1.43. The molecule has 1 aliphatic heterocycles. The number of likely N-dealkylation sites (tertiary alicyclic amines) is 1. The Labute approximate surface area is 162 Å². The highest BCUT2D eigenvalue weighted by molar-refractivity contribution is 5.84. The summed E-state index contributed by atoms with van der Waals surface area (Å²) in [6, 6.07) is 10.5. The molecule has 0 aromatic heterocycles. The minimum absolute atomic E-state index is 0.0919. The molecule has 5 heteroatoms. The standard InChI is InChI=1S/C22H34N2O3/c1-22(2,26)21(25)24-14-6-9-19(23)20(24)15-27-18-12-10-17(11-13-18)16-7-4-3-5-8-16/h3-5,7-8,17-20,26H,6,9-15,23H2,1-2H3/t17?,18?,19-,20-/m0/s1. The molecule has 0 spiro atoms. The SMILES string of the molecule is CC(C)(O)C(=O)N1CCC[C@H](N)[C@@H]1COC1CCC(c2ccccc2)CC1. The highest BCUT2D eigenvalue weighted by Gasteiger charge is 2.38. The Morgan fingerprint density at radius 3 is 2.48 bits per heavy atom. The number of amides is 1. The maximum Gasteiger partial charge on any atom is 0.254 e. The predicted octanol–water partition coefficient (Wildman–Crippen LogP) is 2.82. The number of nitrogens with two attached hydrogens (primary N) is 1. The van der Waals surface area contributed by atoms with Gasteiger partial charge in [-0.1, -0.05) is 30.3 Å². The largest absolute Gasteiger partial charge is 0.381 e. The second kappa shape index (κ2) is 8.72. The first-order chi connectivity index (χ1) is 12.9. The number of benzene rings is 1. The molecule has 0 radical (unpaired) electrons. The lowest BCUT2D eigenvalue weighted by atomic mass is 9.83. The molecule has 2 fully saturated rings. The highest BCUT2D eigenvalue weighted by atomic mass is 16.5. The average Bonchev–Trinajstić information content (AvgIpc) is 2.67. The van der Waals surface area contributed by atoms with Crippen LogP contribution in [0.5, 0.6) is 0 Å². The summed E-state index contributed by atoms with van der Waals surface area (Å²) in [5, 5.41) is 10.1. The van der Waals surface area contributed by atoms with Gasteiger partial charge < -0.3 is 20.5 Å². The summed E-state index contributed by atoms with van der Waals surface area (Å²) in [4.78, 5) is 14.3. The van der Waals surface area contributed by atoms with Crippen molar-refractivity contribution in [2.75, 3.05) is 13.2 Å². The van der Waals surface area contributed by atoms with Crippen LogP contribution in [0.25, 0.3) is 0 Å². The van der Waals surface area contributed by atoms with Gasteiger partial charge in [0.25, 0.3) is 5.91 Å². The molecule has 1 saturated heterocycles. The zero-order chi connectivity index (χ0) is 19.4. The van der Waals surface area contributed by atoms with Gasteiger partial charge in [0.2, 0.25) is 0 Å². The molecule has 0 unspecified atom stereocenters. The highest BCUT2D eigenvalue weighted by Crippen LogP contribution is 2.34. The zero-order valence-corrected chi connectivity index (χ0v) is 16.6. The Bertz CT molecular complexity index is 606. The summed E-state index contributed by atoms with van der Waals surface area (Å²) in [5.41, 5.74) is 6.36. The maximum atomic E-state index is 12.6. The van der Waals surface area contributed by atoms with E-state index in [-0.39, 0.29) is 24.1 Å². The fourth-order valence-corrected chi connectivity index (χ4v) is 4.43. The molecule has 0 bridgehead atoms. The van der Waals surface area contributed by atoms with Crippen LogP contribution in [0, 0.1) is 0 Å². The number of rotatable bonds is 5. The number of hydrogen-bond donors (Lipinski definition) is 2. The van der Waals surface area contributed by atoms with Crippen molar-refractivity contribution in [1.82, 2.24) is 4.90 Å².